The van der Waals surface area contributed by atoms with Gasteiger partial charge < -0.3 is 15.0 Å². The molecule has 0 aliphatic carbocycles. The summed E-state index contributed by atoms with van der Waals surface area (Å²) in [5, 5.41) is 4.36. The van der Waals surface area contributed by atoms with Gasteiger partial charge in [0.1, 0.15) is 5.76 Å². The molecule has 1 aromatic heterocycles. The quantitative estimate of drug-likeness (QED) is 0.192. The maximum atomic E-state index is 13.7. The zero-order valence-corrected chi connectivity index (χ0v) is 26.5. The lowest BCUT2D eigenvalue weighted by molar-refractivity contribution is 0.0792. The number of halogens is 1. The Kier molecular flexibility index (Phi) is 9.81. The Morgan fingerprint density at radius 2 is 1.77 bits per heavy atom. The monoisotopic (exact) mass is 607 g/mol. The average Bonchev–Trinajstić information content (AvgIpc) is 3.22. The smallest absolute Gasteiger partial charge is 0.256 e. The fourth-order valence-corrected chi connectivity index (χ4v) is 5.77. The molecule has 6 nitrogen and oxygen atoms in total. The van der Waals surface area contributed by atoms with E-state index in [0.717, 1.165) is 65.5 Å². The first kappa shape index (κ1) is 31.0. The molecule has 44 heavy (non-hydrogen) atoms. The number of nitrogens with zero attached hydrogens (tertiary/aromatic N) is 2. The first-order valence-corrected chi connectivity index (χ1v) is 15.4. The van der Waals surface area contributed by atoms with Crippen molar-refractivity contribution in [2.24, 2.45) is 0 Å². The van der Waals surface area contributed by atoms with Crippen LogP contribution >= 0.6 is 11.6 Å². The van der Waals surface area contributed by atoms with E-state index in [0.29, 0.717) is 34.1 Å². The number of aryl methyl sites for hydroxylation is 2. The second-order valence-electron chi connectivity index (χ2n) is 11.5. The van der Waals surface area contributed by atoms with Gasteiger partial charge in [0, 0.05) is 47.2 Å². The SMILES string of the molecule is CC1=C(CCCCN(C)C(=O)c2ccc(NC(=O)c3cc(-c4ccccc4Cl)nc4c(C)cc(C)cc34)cc2)OC=CCC1. The Balaban J connectivity index is 1.27. The largest absolute Gasteiger partial charge is 0.470 e. The van der Waals surface area contributed by atoms with Gasteiger partial charge in [-0.15, -0.1) is 0 Å². The maximum Gasteiger partial charge on any atom is 0.256 e. The summed E-state index contributed by atoms with van der Waals surface area (Å²) in [7, 11) is 1.82. The van der Waals surface area contributed by atoms with Gasteiger partial charge in [0.25, 0.3) is 11.8 Å². The number of anilines is 1. The first-order valence-electron chi connectivity index (χ1n) is 15.1. The van der Waals surface area contributed by atoms with Crippen molar-refractivity contribution >= 4 is 40.0 Å². The highest BCUT2D eigenvalue weighted by Gasteiger charge is 2.18. The van der Waals surface area contributed by atoms with Gasteiger partial charge in [0.2, 0.25) is 0 Å². The minimum absolute atomic E-state index is 0.0533. The highest BCUT2D eigenvalue weighted by Crippen LogP contribution is 2.32. The van der Waals surface area contributed by atoms with Crippen molar-refractivity contribution in [1.82, 2.24) is 9.88 Å². The third-order valence-electron chi connectivity index (χ3n) is 8.00. The highest BCUT2D eigenvalue weighted by atomic mass is 35.5. The van der Waals surface area contributed by atoms with Crippen LogP contribution in [0.2, 0.25) is 5.02 Å². The van der Waals surface area contributed by atoms with E-state index >= 15 is 0 Å². The van der Waals surface area contributed by atoms with E-state index in [1.54, 1.807) is 41.5 Å². The Hall–Kier alpha value is -4.42. The molecule has 0 saturated heterocycles. The van der Waals surface area contributed by atoms with E-state index in [1.165, 1.54) is 5.57 Å². The van der Waals surface area contributed by atoms with Gasteiger partial charge in [0.15, 0.2) is 0 Å². The zero-order valence-electron chi connectivity index (χ0n) is 25.7. The van der Waals surface area contributed by atoms with E-state index in [9.17, 15) is 9.59 Å². The molecule has 2 amide bonds. The number of carbonyl (C=O) groups is 2. The molecule has 5 rings (SSSR count). The summed E-state index contributed by atoms with van der Waals surface area (Å²) in [5.74, 6) is 0.739. The third kappa shape index (κ3) is 7.20. The molecule has 3 aromatic carbocycles. The number of hydrogen-bond donors (Lipinski definition) is 1. The number of benzene rings is 3. The summed E-state index contributed by atoms with van der Waals surface area (Å²) in [6.45, 7) is 6.78. The number of allylic oxidation sites excluding steroid dienone is 3. The summed E-state index contributed by atoms with van der Waals surface area (Å²) >= 11 is 6.50. The summed E-state index contributed by atoms with van der Waals surface area (Å²) in [6.07, 6.45) is 8.59. The van der Waals surface area contributed by atoms with Crippen LogP contribution in [0.1, 0.15) is 70.9 Å². The van der Waals surface area contributed by atoms with Gasteiger partial charge in [-0.2, -0.15) is 0 Å². The first-order chi connectivity index (χ1) is 21.2. The molecule has 7 heteroatoms. The van der Waals surface area contributed by atoms with Crippen LogP contribution in [-0.2, 0) is 4.74 Å². The predicted octanol–water partition coefficient (Wildman–Crippen LogP) is 9.26. The van der Waals surface area contributed by atoms with Gasteiger partial charge in [0.05, 0.1) is 23.0 Å². The molecule has 0 bridgehead atoms. The van der Waals surface area contributed by atoms with E-state index in [2.05, 4.69) is 24.4 Å². The Morgan fingerprint density at radius 3 is 2.55 bits per heavy atom. The number of unbranched alkanes of at least 4 members (excludes halogenated alkanes) is 1. The maximum absolute atomic E-state index is 13.7. The molecule has 0 saturated carbocycles. The Bertz CT molecular complexity index is 1760. The molecular formula is C37H38ClN3O3. The number of amides is 2. The van der Waals surface area contributed by atoms with Crippen molar-refractivity contribution < 1.29 is 14.3 Å². The van der Waals surface area contributed by atoms with Crippen molar-refractivity contribution in [3.05, 3.63) is 118 Å². The second kappa shape index (κ2) is 13.9. The molecule has 1 N–H and O–H groups in total. The van der Waals surface area contributed by atoms with Crippen molar-refractivity contribution in [2.75, 3.05) is 18.9 Å². The number of carbonyl (C=O) groups excluding carboxylic acids is 2. The number of fused-ring (bicyclic) bond motifs is 1. The normalized spacial score (nSPS) is 13.0. The topological polar surface area (TPSA) is 71.5 Å². The van der Waals surface area contributed by atoms with Crippen LogP contribution in [0.4, 0.5) is 5.69 Å². The van der Waals surface area contributed by atoms with Crippen molar-refractivity contribution in [2.45, 2.75) is 52.9 Å². The number of aromatic nitrogens is 1. The van der Waals surface area contributed by atoms with Gasteiger partial charge >= 0.3 is 0 Å². The summed E-state index contributed by atoms with van der Waals surface area (Å²) < 4.78 is 5.75. The molecule has 0 spiro atoms. The standard InChI is InChI=1S/C37H38ClN3O3/c1-24-21-26(3)35-30(22-24)31(23-33(40-35)29-12-5-6-13-32(29)38)36(42)39-28-17-15-27(16-18-28)37(43)41(4)19-9-7-14-34-25(2)11-8-10-20-44-34/h5-6,10,12-13,15-18,20-23H,7-9,11,14,19H2,1-4H3,(H,39,42). The summed E-state index contributed by atoms with van der Waals surface area (Å²) in [4.78, 5) is 33.4. The number of nitrogens with one attached hydrogen (secondary N) is 1. The zero-order chi connectivity index (χ0) is 31.2. The molecular weight excluding hydrogens is 570 g/mol. The molecule has 0 unspecified atom stereocenters. The molecule has 0 radical (unpaired) electrons. The number of ether oxygens (including phenoxy) is 1. The fraction of sp³-hybridized carbons (Fsp3) is 0.270. The predicted molar refractivity (Wildman–Crippen MR) is 179 cm³/mol. The van der Waals surface area contributed by atoms with Crippen LogP contribution in [0.15, 0.2) is 90.4 Å². The van der Waals surface area contributed by atoms with Crippen LogP contribution in [0.25, 0.3) is 22.2 Å². The molecule has 1 aliphatic rings. The Labute approximate surface area is 264 Å². The lowest BCUT2D eigenvalue weighted by Gasteiger charge is -2.18. The lowest BCUT2D eigenvalue weighted by atomic mass is 9.99. The fourth-order valence-electron chi connectivity index (χ4n) is 5.54. The van der Waals surface area contributed by atoms with Gasteiger partial charge in [-0.05, 0) is 106 Å². The minimum atomic E-state index is -0.259. The van der Waals surface area contributed by atoms with Crippen molar-refractivity contribution in [3.8, 4) is 11.3 Å². The van der Waals surface area contributed by atoms with Crippen LogP contribution in [-0.4, -0.2) is 35.3 Å². The molecule has 226 valence electrons. The van der Waals surface area contributed by atoms with Gasteiger partial charge in [-0.3, -0.25) is 9.59 Å². The van der Waals surface area contributed by atoms with Crippen LogP contribution in [0, 0.1) is 13.8 Å². The summed E-state index contributed by atoms with van der Waals surface area (Å²) in [5.41, 5.74) is 7.17. The van der Waals surface area contributed by atoms with E-state index < -0.39 is 0 Å². The van der Waals surface area contributed by atoms with Gasteiger partial charge in [-0.1, -0.05) is 41.4 Å². The van der Waals surface area contributed by atoms with Crippen LogP contribution < -0.4 is 5.32 Å². The molecule has 1 aliphatic heterocycles. The highest BCUT2D eigenvalue weighted by molar-refractivity contribution is 6.33. The van der Waals surface area contributed by atoms with E-state index in [-0.39, 0.29) is 11.8 Å². The number of rotatable bonds is 9. The van der Waals surface area contributed by atoms with Crippen molar-refractivity contribution in [1.29, 1.82) is 0 Å². The number of hydrogen-bond acceptors (Lipinski definition) is 4. The van der Waals surface area contributed by atoms with Gasteiger partial charge in [-0.25, -0.2) is 4.98 Å². The molecule has 4 aromatic rings. The lowest BCUT2D eigenvalue weighted by Crippen LogP contribution is -2.27. The minimum Gasteiger partial charge on any atom is -0.470 e. The van der Waals surface area contributed by atoms with Crippen molar-refractivity contribution in [3.63, 3.8) is 0 Å². The van der Waals surface area contributed by atoms with Crippen LogP contribution in [0.5, 0.6) is 0 Å². The van der Waals surface area contributed by atoms with Crippen LogP contribution in [0.3, 0.4) is 0 Å². The van der Waals surface area contributed by atoms with E-state index in [1.807, 2.05) is 51.2 Å². The Morgan fingerprint density at radius 1 is 1.00 bits per heavy atom. The second-order valence-corrected chi connectivity index (χ2v) is 11.9. The average molecular weight is 608 g/mol. The molecule has 0 fully saturated rings. The molecule has 2 heterocycles. The molecule has 0 atom stereocenters. The third-order valence-corrected chi connectivity index (χ3v) is 8.32. The number of pyridine rings is 1. The summed E-state index contributed by atoms with van der Waals surface area (Å²) in [6, 6.07) is 20.4. The van der Waals surface area contributed by atoms with E-state index in [4.69, 9.17) is 21.3 Å².